The molecular formula is C12H15NO5. The average Bonchev–Trinajstić information content (AvgIpc) is 2.30. The average molecular weight is 253 g/mol. The summed E-state index contributed by atoms with van der Waals surface area (Å²) in [6.45, 7) is 1.89. The SMILES string of the molecule is Cc1ccc(OC(C[C@H](N)C(=O)O)C(=O)O)cc1. The van der Waals surface area contributed by atoms with Crippen molar-refractivity contribution in [2.75, 3.05) is 0 Å². The van der Waals surface area contributed by atoms with Crippen LogP contribution in [0, 0.1) is 6.92 Å². The van der Waals surface area contributed by atoms with E-state index in [4.69, 9.17) is 20.7 Å². The van der Waals surface area contributed by atoms with E-state index in [1.165, 1.54) is 0 Å². The molecule has 6 heteroatoms. The number of nitrogens with two attached hydrogens (primary N) is 1. The third kappa shape index (κ3) is 4.06. The van der Waals surface area contributed by atoms with Crippen LogP contribution in [0.1, 0.15) is 12.0 Å². The molecule has 0 aliphatic rings. The highest BCUT2D eigenvalue weighted by atomic mass is 16.5. The topological polar surface area (TPSA) is 110 Å². The van der Waals surface area contributed by atoms with E-state index in [-0.39, 0.29) is 6.42 Å². The summed E-state index contributed by atoms with van der Waals surface area (Å²) in [5.41, 5.74) is 6.30. The van der Waals surface area contributed by atoms with Gasteiger partial charge in [0, 0.05) is 6.42 Å². The highest BCUT2D eigenvalue weighted by Gasteiger charge is 2.26. The lowest BCUT2D eigenvalue weighted by Crippen LogP contribution is -2.39. The molecule has 0 radical (unpaired) electrons. The van der Waals surface area contributed by atoms with Gasteiger partial charge in [-0.3, -0.25) is 4.79 Å². The van der Waals surface area contributed by atoms with Crippen LogP contribution in [0.2, 0.25) is 0 Å². The van der Waals surface area contributed by atoms with Crippen molar-refractivity contribution < 1.29 is 24.5 Å². The third-order valence-electron chi connectivity index (χ3n) is 2.36. The van der Waals surface area contributed by atoms with Gasteiger partial charge in [-0.25, -0.2) is 4.79 Å². The standard InChI is InChI=1S/C12H15NO5/c1-7-2-4-8(5-3-7)18-10(12(16)17)6-9(13)11(14)15/h2-5,9-10H,6,13H2,1H3,(H,14,15)(H,16,17)/t9-,10?/m0/s1. The van der Waals surface area contributed by atoms with Crippen LogP contribution in [-0.4, -0.2) is 34.3 Å². The minimum absolute atomic E-state index is 0.293. The largest absolute Gasteiger partial charge is 0.480 e. The first kappa shape index (κ1) is 14.0. The van der Waals surface area contributed by atoms with Crippen LogP contribution in [0.25, 0.3) is 0 Å². The smallest absolute Gasteiger partial charge is 0.344 e. The Morgan fingerprint density at radius 2 is 1.78 bits per heavy atom. The molecule has 0 aliphatic heterocycles. The Morgan fingerprint density at radius 3 is 2.22 bits per heavy atom. The zero-order valence-electron chi connectivity index (χ0n) is 9.87. The summed E-state index contributed by atoms with van der Waals surface area (Å²) >= 11 is 0. The quantitative estimate of drug-likeness (QED) is 0.685. The fourth-order valence-corrected chi connectivity index (χ4v) is 1.31. The molecular weight excluding hydrogens is 238 g/mol. The fourth-order valence-electron chi connectivity index (χ4n) is 1.31. The first-order valence-electron chi connectivity index (χ1n) is 5.34. The van der Waals surface area contributed by atoms with Crippen molar-refractivity contribution in [3.63, 3.8) is 0 Å². The molecule has 1 aromatic carbocycles. The van der Waals surface area contributed by atoms with Crippen molar-refractivity contribution >= 4 is 11.9 Å². The Labute approximate surface area is 104 Å². The molecule has 1 aromatic rings. The second kappa shape index (κ2) is 6.02. The molecule has 0 saturated heterocycles. The van der Waals surface area contributed by atoms with E-state index in [0.717, 1.165) is 5.56 Å². The van der Waals surface area contributed by atoms with Crippen LogP contribution >= 0.6 is 0 Å². The lowest BCUT2D eigenvalue weighted by Gasteiger charge is -2.17. The number of carboxylic acid groups (broad SMARTS) is 2. The first-order valence-corrected chi connectivity index (χ1v) is 5.34. The molecule has 6 nitrogen and oxygen atoms in total. The highest BCUT2D eigenvalue weighted by molar-refractivity contribution is 5.77. The van der Waals surface area contributed by atoms with E-state index < -0.39 is 24.1 Å². The molecule has 1 unspecified atom stereocenters. The minimum Gasteiger partial charge on any atom is -0.480 e. The lowest BCUT2D eigenvalue weighted by atomic mass is 10.1. The number of hydrogen-bond donors (Lipinski definition) is 3. The summed E-state index contributed by atoms with van der Waals surface area (Å²) in [6.07, 6.45) is -1.57. The van der Waals surface area contributed by atoms with Crippen molar-refractivity contribution in [1.29, 1.82) is 0 Å². The van der Waals surface area contributed by atoms with Crippen molar-refractivity contribution in [3.05, 3.63) is 29.8 Å². The molecule has 0 bridgehead atoms. The summed E-state index contributed by atoms with van der Waals surface area (Å²) < 4.78 is 5.21. The van der Waals surface area contributed by atoms with E-state index in [0.29, 0.717) is 5.75 Å². The van der Waals surface area contributed by atoms with E-state index in [1.54, 1.807) is 24.3 Å². The molecule has 1 rings (SSSR count). The van der Waals surface area contributed by atoms with Gasteiger partial charge in [0.1, 0.15) is 11.8 Å². The molecule has 0 saturated carbocycles. The van der Waals surface area contributed by atoms with Gasteiger partial charge < -0.3 is 20.7 Å². The number of rotatable bonds is 6. The van der Waals surface area contributed by atoms with Crippen molar-refractivity contribution in [3.8, 4) is 5.75 Å². The summed E-state index contributed by atoms with van der Waals surface area (Å²) in [4.78, 5) is 21.5. The monoisotopic (exact) mass is 253 g/mol. The van der Waals surface area contributed by atoms with Crippen LogP contribution in [-0.2, 0) is 9.59 Å². The maximum absolute atomic E-state index is 11.0. The summed E-state index contributed by atoms with van der Waals surface area (Å²) in [5.74, 6) is -2.13. The van der Waals surface area contributed by atoms with Gasteiger partial charge in [0.15, 0.2) is 6.10 Å². The van der Waals surface area contributed by atoms with E-state index in [1.807, 2.05) is 6.92 Å². The second-order valence-electron chi connectivity index (χ2n) is 3.94. The van der Waals surface area contributed by atoms with E-state index in [2.05, 4.69) is 0 Å². The lowest BCUT2D eigenvalue weighted by molar-refractivity contribution is -0.146. The summed E-state index contributed by atoms with van der Waals surface area (Å²) in [6, 6.07) is 5.52. The minimum atomic E-state index is -1.28. The van der Waals surface area contributed by atoms with Crippen LogP contribution < -0.4 is 10.5 Å². The first-order chi connectivity index (χ1) is 8.40. The number of aryl methyl sites for hydroxylation is 1. The van der Waals surface area contributed by atoms with Gasteiger partial charge in [-0.2, -0.15) is 0 Å². The number of hydrogen-bond acceptors (Lipinski definition) is 4. The Balaban J connectivity index is 2.71. The van der Waals surface area contributed by atoms with E-state index in [9.17, 15) is 9.59 Å². The van der Waals surface area contributed by atoms with Gasteiger partial charge in [0.2, 0.25) is 0 Å². The number of carboxylic acids is 2. The maximum Gasteiger partial charge on any atom is 0.344 e. The maximum atomic E-state index is 11.0. The Bertz CT molecular complexity index is 429. The zero-order chi connectivity index (χ0) is 13.7. The molecule has 0 fully saturated rings. The molecule has 0 spiro atoms. The summed E-state index contributed by atoms with van der Waals surface area (Å²) in [5, 5.41) is 17.6. The summed E-state index contributed by atoms with van der Waals surface area (Å²) in [7, 11) is 0. The third-order valence-corrected chi connectivity index (χ3v) is 2.36. The molecule has 0 aromatic heterocycles. The van der Waals surface area contributed by atoms with Crippen molar-refractivity contribution in [1.82, 2.24) is 0 Å². The van der Waals surface area contributed by atoms with Gasteiger partial charge in [0.05, 0.1) is 0 Å². The number of ether oxygens (including phenoxy) is 1. The number of carbonyl (C=O) groups is 2. The predicted octanol–water partition coefficient (Wildman–Crippen LogP) is 0.629. The number of aliphatic carboxylic acids is 2. The Hall–Kier alpha value is -2.08. The normalized spacial score (nSPS) is 13.7. The van der Waals surface area contributed by atoms with Gasteiger partial charge >= 0.3 is 11.9 Å². The zero-order valence-corrected chi connectivity index (χ0v) is 9.87. The predicted molar refractivity (Wildman–Crippen MR) is 63.5 cm³/mol. The van der Waals surface area contributed by atoms with E-state index >= 15 is 0 Å². The Kier molecular flexibility index (Phi) is 4.67. The van der Waals surface area contributed by atoms with Crippen LogP contribution in [0.15, 0.2) is 24.3 Å². The molecule has 18 heavy (non-hydrogen) atoms. The molecule has 0 amide bonds. The Morgan fingerprint density at radius 1 is 1.22 bits per heavy atom. The van der Waals surface area contributed by atoms with Crippen LogP contribution in [0.5, 0.6) is 5.75 Å². The molecule has 98 valence electrons. The van der Waals surface area contributed by atoms with Gasteiger partial charge in [-0.15, -0.1) is 0 Å². The molecule has 2 atom stereocenters. The van der Waals surface area contributed by atoms with Crippen molar-refractivity contribution in [2.45, 2.75) is 25.5 Å². The highest BCUT2D eigenvalue weighted by Crippen LogP contribution is 2.15. The molecule has 0 aliphatic carbocycles. The van der Waals surface area contributed by atoms with Crippen LogP contribution in [0.4, 0.5) is 0 Å². The van der Waals surface area contributed by atoms with Gasteiger partial charge in [0.25, 0.3) is 0 Å². The molecule has 4 N–H and O–H groups in total. The van der Waals surface area contributed by atoms with Gasteiger partial charge in [-0.05, 0) is 19.1 Å². The number of benzene rings is 1. The second-order valence-corrected chi connectivity index (χ2v) is 3.94. The fraction of sp³-hybridized carbons (Fsp3) is 0.333. The van der Waals surface area contributed by atoms with Crippen LogP contribution in [0.3, 0.4) is 0 Å². The molecule has 0 heterocycles. The van der Waals surface area contributed by atoms with Gasteiger partial charge in [-0.1, -0.05) is 17.7 Å². The van der Waals surface area contributed by atoms with Crippen molar-refractivity contribution in [2.24, 2.45) is 5.73 Å².